The van der Waals surface area contributed by atoms with Gasteiger partial charge < -0.3 is 34.7 Å². The van der Waals surface area contributed by atoms with Crippen LogP contribution < -0.4 is 34.7 Å². The van der Waals surface area contributed by atoms with Crippen LogP contribution in [0, 0.1) is 3.57 Å². The van der Waals surface area contributed by atoms with Gasteiger partial charge in [0.25, 0.3) is 0 Å². The number of nitrogens with zero attached hydrogens (tertiary/aromatic N) is 2. The van der Waals surface area contributed by atoms with Gasteiger partial charge in [0.15, 0.2) is 0 Å². The molecule has 2 aliphatic heterocycles. The second kappa shape index (κ2) is 27.3. The van der Waals surface area contributed by atoms with Gasteiger partial charge in [0.2, 0.25) is 11.8 Å². The van der Waals surface area contributed by atoms with E-state index >= 15 is 0 Å². The van der Waals surface area contributed by atoms with Crippen LogP contribution in [0.15, 0.2) is 78.9 Å². The molecule has 0 unspecified atom stereocenters. The normalized spacial score (nSPS) is 18.1. The molecule has 2 aromatic rings. The number of hydrogen-bond donors (Lipinski definition) is 2. The monoisotopic (exact) mass is 966 g/mol. The average molecular weight is 967 g/mol. The Morgan fingerprint density at radius 3 is 1.63 bits per heavy atom. The van der Waals surface area contributed by atoms with Gasteiger partial charge in [-0.1, -0.05) is 92.5 Å². The first-order valence-electron chi connectivity index (χ1n) is 20.3. The van der Waals surface area contributed by atoms with Crippen molar-refractivity contribution >= 4 is 46.3 Å². The fourth-order valence-electron chi connectivity index (χ4n) is 6.92. The van der Waals surface area contributed by atoms with Crippen LogP contribution in [0.25, 0.3) is 0 Å². The van der Waals surface area contributed by atoms with Crippen molar-refractivity contribution in [1.29, 1.82) is 0 Å². The number of ether oxygens (including phenoxy) is 1. The summed E-state index contributed by atoms with van der Waals surface area (Å²) in [5.74, 6) is -8.11. The first-order valence-corrected chi connectivity index (χ1v) is 21.4. The van der Waals surface area contributed by atoms with Crippen LogP contribution in [0.3, 0.4) is 0 Å². The summed E-state index contributed by atoms with van der Waals surface area (Å²) in [5, 5.41) is 30.4. The fourth-order valence-corrected chi connectivity index (χ4v) is 7.28. The number of unbranched alkanes of at least 4 members (excludes halogenated alkanes) is 6. The Morgan fingerprint density at radius 2 is 1.18 bits per heavy atom. The zero-order valence-electron chi connectivity index (χ0n) is 34.5. The molecule has 2 N–H and O–H groups in total. The molecule has 326 valence electrons. The third-order valence-electron chi connectivity index (χ3n) is 10.3. The molecule has 2 heterocycles. The molecule has 4 rings (SSSR count). The molecule has 2 amide bonds. The molecule has 2 aliphatic rings. The number of rotatable bonds is 23. The van der Waals surface area contributed by atoms with E-state index in [-0.39, 0.29) is 77.0 Å². The molecule has 0 radical (unpaired) electrons. The van der Waals surface area contributed by atoms with Crippen molar-refractivity contribution < 1.29 is 86.4 Å². The summed E-state index contributed by atoms with van der Waals surface area (Å²) in [6, 6.07) is 12.3. The van der Waals surface area contributed by atoms with Gasteiger partial charge in [0, 0.05) is 53.0 Å². The average Bonchev–Trinajstić information content (AvgIpc) is 3.75. The second-order valence-electron chi connectivity index (χ2n) is 14.7. The van der Waals surface area contributed by atoms with Crippen LogP contribution in [0.2, 0.25) is 0 Å². The minimum Gasteiger partial charge on any atom is -0.550 e. The summed E-state index contributed by atoms with van der Waals surface area (Å²) in [4.78, 5) is 49.3. The third-order valence-corrected chi connectivity index (χ3v) is 11.0. The maximum atomic E-state index is 14.5. The maximum Gasteiger partial charge on any atom is 1.00 e. The molecule has 2 fully saturated rings. The zero-order valence-corrected chi connectivity index (χ0v) is 38.6. The van der Waals surface area contributed by atoms with Crippen molar-refractivity contribution in [3.8, 4) is 0 Å². The number of carboxylic acids is 1. The summed E-state index contributed by atoms with van der Waals surface area (Å²) in [5.41, 5.74) is -0.504. The summed E-state index contributed by atoms with van der Waals surface area (Å²) >= 11 is 2.03. The number of carbonyl (C=O) groups excluding carboxylic acids is 4. The number of aliphatic hydroxyl groups excluding tert-OH is 2. The number of halogens is 5. The number of amides is 2. The molecule has 0 bridgehead atoms. The van der Waals surface area contributed by atoms with Gasteiger partial charge in [0.05, 0.1) is 18.7 Å². The van der Waals surface area contributed by atoms with Gasteiger partial charge in [-0.05, 0) is 86.6 Å². The number of carbonyl (C=O) groups is 4. The quantitative estimate of drug-likeness (QED) is 0.0421. The number of aliphatic carboxylic acids is 1. The van der Waals surface area contributed by atoms with Gasteiger partial charge in [0.1, 0.15) is 12.2 Å². The van der Waals surface area contributed by atoms with Crippen molar-refractivity contribution in [2.75, 3.05) is 19.7 Å². The minimum atomic E-state index is -3.41. The molecule has 0 aromatic heterocycles. The fraction of sp³-hybridized carbons (Fsp3) is 0.545. The van der Waals surface area contributed by atoms with Crippen molar-refractivity contribution in [3.63, 3.8) is 0 Å². The summed E-state index contributed by atoms with van der Waals surface area (Å²) in [6.07, 6.45) is 9.52. The standard InChI is InChI=1S/C23H30F2INO4.C21H27F2NO4.Na/c1-2-31-22(30)7-5-3-4-6-16-27-19(13-15-21(27)29)12-14-20(28)23(24,25)17-8-10-18(26)11-9-17;22-21(23,16-8-4-3-5-9-16)18(25)13-11-17-12-14-19(26)24(17)15-7-2-1-6-10-20(27)28;/h8-12,14,19-20,28H,2-7,13,15-16H2,1H3;3-5,8-9,11,13,17-18,25H,1-2,6-7,10,12,14-15H2,(H,27,28);/q;;+1/p-1/b14-12+;13-11+;/t19-,20+;17-,18+;/m00./s1. The number of alkyl halides is 4. The SMILES string of the molecule is CCOC(=O)CCCCCCN1C(=O)CC[C@@H]1/C=C/[C@@H](O)C(F)(F)c1ccc(I)cc1.O=C([O-])CCCCCCN1C(=O)CC[C@@H]1/C=C/[C@@H](O)C(F)(F)c1ccccc1.[Na+]. The number of carboxylic acid groups (broad SMARTS) is 1. The summed E-state index contributed by atoms with van der Waals surface area (Å²) < 4.78 is 63.5. The Kier molecular flexibility index (Phi) is 24.2. The molecule has 10 nitrogen and oxygen atoms in total. The number of benzene rings is 2. The van der Waals surface area contributed by atoms with Crippen molar-refractivity contribution in [1.82, 2.24) is 9.80 Å². The number of hydrogen-bond acceptors (Lipinski definition) is 8. The van der Waals surface area contributed by atoms with E-state index < -0.39 is 30.0 Å². The Morgan fingerprint density at radius 1 is 0.750 bits per heavy atom. The third kappa shape index (κ3) is 17.5. The van der Waals surface area contributed by atoms with E-state index in [0.717, 1.165) is 54.2 Å². The Bertz CT molecular complexity index is 1690. The predicted molar refractivity (Wildman–Crippen MR) is 221 cm³/mol. The molecule has 2 saturated heterocycles. The van der Waals surface area contributed by atoms with Gasteiger partial charge in [-0.2, -0.15) is 17.6 Å². The smallest absolute Gasteiger partial charge is 0.550 e. The first kappa shape index (κ1) is 53.3. The van der Waals surface area contributed by atoms with Crippen LogP contribution in [-0.2, 0) is 35.8 Å². The van der Waals surface area contributed by atoms with Crippen molar-refractivity contribution in [2.24, 2.45) is 0 Å². The molecule has 0 spiro atoms. The molecule has 16 heteroatoms. The van der Waals surface area contributed by atoms with Crippen molar-refractivity contribution in [3.05, 3.63) is 93.6 Å². The van der Waals surface area contributed by atoms with E-state index in [1.165, 1.54) is 48.6 Å². The Hall–Kier alpha value is -2.83. The van der Waals surface area contributed by atoms with Crippen LogP contribution in [0.4, 0.5) is 17.6 Å². The predicted octanol–water partition coefficient (Wildman–Crippen LogP) is 4.20. The largest absolute Gasteiger partial charge is 1.00 e. The summed E-state index contributed by atoms with van der Waals surface area (Å²) in [6.45, 7) is 3.19. The first-order chi connectivity index (χ1) is 28.1. The summed E-state index contributed by atoms with van der Waals surface area (Å²) in [7, 11) is 0. The topological polar surface area (TPSA) is 148 Å². The number of esters is 1. The van der Waals surface area contributed by atoms with Gasteiger partial charge in [-0.15, -0.1) is 0 Å². The van der Waals surface area contributed by atoms with Crippen LogP contribution in [0.5, 0.6) is 0 Å². The molecule has 0 aliphatic carbocycles. The maximum absolute atomic E-state index is 14.5. The van der Waals surface area contributed by atoms with E-state index in [9.17, 15) is 52.1 Å². The molecule has 4 atom stereocenters. The van der Waals surface area contributed by atoms with Gasteiger partial charge >= 0.3 is 47.4 Å². The van der Waals surface area contributed by atoms with Crippen LogP contribution in [0.1, 0.15) is 108 Å². The zero-order chi connectivity index (χ0) is 43.4. The molecular weight excluding hydrogens is 910 g/mol. The van der Waals surface area contributed by atoms with E-state index in [0.29, 0.717) is 64.6 Å². The van der Waals surface area contributed by atoms with E-state index in [1.807, 2.05) is 22.6 Å². The molecule has 0 saturated carbocycles. The second-order valence-corrected chi connectivity index (χ2v) is 15.9. The molecule has 2 aromatic carbocycles. The van der Waals surface area contributed by atoms with E-state index in [4.69, 9.17) is 4.74 Å². The van der Waals surface area contributed by atoms with Gasteiger partial charge in [-0.3, -0.25) is 14.4 Å². The Balaban J connectivity index is 0.000000409. The van der Waals surface area contributed by atoms with Crippen LogP contribution in [-0.4, -0.2) is 87.8 Å². The van der Waals surface area contributed by atoms with E-state index in [2.05, 4.69) is 0 Å². The number of aliphatic hydroxyl groups is 2. The number of likely N-dealkylation sites (tertiary alicyclic amines) is 2. The molecular formula is C44H56F4IN2NaO8. The van der Waals surface area contributed by atoms with Crippen LogP contribution >= 0.6 is 22.6 Å². The van der Waals surface area contributed by atoms with Gasteiger partial charge in [-0.25, -0.2) is 0 Å². The van der Waals surface area contributed by atoms with E-state index in [1.54, 1.807) is 34.9 Å². The van der Waals surface area contributed by atoms with Crippen molar-refractivity contribution in [2.45, 2.75) is 133 Å². The molecule has 60 heavy (non-hydrogen) atoms. The minimum absolute atomic E-state index is 0. The Labute approximate surface area is 386 Å².